The number of hydrogen-bond donors (Lipinski definition) is 2. The van der Waals surface area contributed by atoms with Crippen molar-refractivity contribution in [3.63, 3.8) is 0 Å². The highest BCUT2D eigenvalue weighted by atomic mass is 35.5. The van der Waals surface area contributed by atoms with Crippen molar-refractivity contribution in [1.82, 2.24) is 5.32 Å². The van der Waals surface area contributed by atoms with Crippen LogP contribution in [-0.2, 0) is 13.1 Å². The molecule has 0 amide bonds. The number of thiophene rings is 1. The third-order valence-corrected chi connectivity index (χ3v) is 3.47. The van der Waals surface area contributed by atoms with Gasteiger partial charge in [0.1, 0.15) is 5.75 Å². The molecule has 2 N–H and O–H groups in total. The molecule has 0 radical (unpaired) electrons. The van der Waals surface area contributed by atoms with Gasteiger partial charge in [-0.15, -0.1) is 11.3 Å². The van der Waals surface area contributed by atoms with Crippen molar-refractivity contribution < 1.29 is 5.11 Å². The van der Waals surface area contributed by atoms with E-state index in [-0.39, 0.29) is 0 Å². The van der Waals surface area contributed by atoms with Gasteiger partial charge in [-0.05, 0) is 23.8 Å². The summed E-state index contributed by atoms with van der Waals surface area (Å²) >= 11 is 7.48. The van der Waals surface area contributed by atoms with E-state index in [2.05, 4.69) is 5.32 Å². The molecule has 1 heterocycles. The van der Waals surface area contributed by atoms with Crippen LogP contribution in [0.15, 0.2) is 35.7 Å². The van der Waals surface area contributed by atoms with Gasteiger partial charge in [0, 0.05) is 23.3 Å². The summed E-state index contributed by atoms with van der Waals surface area (Å²) in [5.74, 6) is 0.300. The topological polar surface area (TPSA) is 32.3 Å². The minimum atomic E-state index is 0.300. The number of phenols is 1. The number of benzene rings is 1. The van der Waals surface area contributed by atoms with Crippen LogP contribution in [0.3, 0.4) is 0 Å². The number of halogens is 1. The maximum atomic E-state index is 9.13. The second kappa shape index (κ2) is 5.34. The average molecular weight is 254 g/mol. The Balaban J connectivity index is 1.82. The van der Waals surface area contributed by atoms with Crippen LogP contribution in [0.2, 0.25) is 5.02 Å². The van der Waals surface area contributed by atoms with E-state index in [1.165, 1.54) is 4.88 Å². The fourth-order valence-corrected chi connectivity index (χ4v) is 2.43. The van der Waals surface area contributed by atoms with Gasteiger partial charge >= 0.3 is 0 Å². The molecule has 2 aromatic rings. The normalized spacial score (nSPS) is 10.6. The molecule has 0 bridgehead atoms. The lowest BCUT2D eigenvalue weighted by Gasteiger charge is -2.03. The fraction of sp³-hybridized carbons (Fsp3) is 0.167. The molecule has 0 saturated heterocycles. The van der Waals surface area contributed by atoms with Crippen LogP contribution in [0.4, 0.5) is 0 Å². The van der Waals surface area contributed by atoms with Crippen LogP contribution in [0.5, 0.6) is 5.75 Å². The molecule has 4 heteroatoms. The van der Waals surface area contributed by atoms with Gasteiger partial charge < -0.3 is 10.4 Å². The molecule has 0 atom stereocenters. The molecule has 84 valence electrons. The van der Waals surface area contributed by atoms with Crippen LogP contribution in [0.1, 0.15) is 10.4 Å². The summed E-state index contributed by atoms with van der Waals surface area (Å²) in [6, 6.07) is 9.17. The highest BCUT2D eigenvalue weighted by molar-refractivity contribution is 7.10. The standard InChI is InChI=1S/C12H12ClNOS/c13-10-5-12(16-8-10)7-14-6-9-1-3-11(15)4-2-9/h1-5,8,14-15H,6-7H2. The number of hydrogen-bond acceptors (Lipinski definition) is 3. The monoisotopic (exact) mass is 253 g/mol. The Kier molecular flexibility index (Phi) is 3.83. The van der Waals surface area contributed by atoms with Gasteiger partial charge in [0.2, 0.25) is 0 Å². The summed E-state index contributed by atoms with van der Waals surface area (Å²) in [5.41, 5.74) is 1.15. The van der Waals surface area contributed by atoms with Crippen LogP contribution in [0, 0.1) is 0 Å². The van der Waals surface area contributed by atoms with E-state index >= 15 is 0 Å². The summed E-state index contributed by atoms with van der Waals surface area (Å²) in [6.07, 6.45) is 0. The van der Waals surface area contributed by atoms with E-state index < -0.39 is 0 Å². The summed E-state index contributed by atoms with van der Waals surface area (Å²) in [6.45, 7) is 1.61. The summed E-state index contributed by atoms with van der Waals surface area (Å²) in [7, 11) is 0. The van der Waals surface area contributed by atoms with E-state index in [0.717, 1.165) is 23.7 Å². The van der Waals surface area contributed by atoms with Crippen molar-refractivity contribution in [1.29, 1.82) is 0 Å². The largest absolute Gasteiger partial charge is 0.508 e. The molecule has 0 aliphatic heterocycles. The highest BCUT2D eigenvalue weighted by Crippen LogP contribution is 2.18. The zero-order valence-corrected chi connectivity index (χ0v) is 10.2. The van der Waals surface area contributed by atoms with Gasteiger partial charge in [0.25, 0.3) is 0 Å². The van der Waals surface area contributed by atoms with E-state index in [1.807, 2.05) is 23.6 Å². The molecular weight excluding hydrogens is 242 g/mol. The molecule has 2 rings (SSSR count). The minimum Gasteiger partial charge on any atom is -0.508 e. The fourth-order valence-electron chi connectivity index (χ4n) is 1.39. The Labute approximate surface area is 104 Å². The lowest BCUT2D eigenvalue weighted by atomic mass is 10.2. The Hall–Kier alpha value is -1.03. The minimum absolute atomic E-state index is 0.300. The van der Waals surface area contributed by atoms with E-state index in [9.17, 15) is 0 Å². The number of aromatic hydroxyl groups is 1. The molecule has 0 spiro atoms. The Morgan fingerprint density at radius 3 is 2.56 bits per heavy atom. The van der Waals surface area contributed by atoms with E-state index in [1.54, 1.807) is 23.5 Å². The smallest absolute Gasteiger partial charge is 0.115 e. The van der Waals surface area contributed by atoms with Crippen molar-refractivity contribution >= 4 is 22.9 Å². The number of rotatable bonds is 4. The van der Waals surface area contributed by atoms with E-state index in [0.29, 0.717) is 5.75 Å². The first-order valence-corrected chi connectivity index (χ1v) is 6.21. The summed E-state index contributed by atoms with van der Waals surface area (Å²) in [4.78, 5) is 1.23. The molecule has 0 unspecified atom stereocenters. The van der Waals surface area contributed by atoms with Crippen LogP contribution in [0.25, 0.3) is 0 Å². The zero-order chi connectivity index (χ0) is 11.4. The quantitative estimate of drug-likeness (QED) is 0.875. The molecule has 1 aromatic heterocycles. The zero-order valence-electron chi connectivity index (χ0n) is 8.61. The average Bonchev–Trinajstić information content (AvgIpc) is 2.67. The first-order valence-electron chi connectivity index (χ1n) is 4.95. The first-order chi connectivity index (χ1) is 7.74. The molecule has 0 aliphatic rings. The van der Waals surface area contributed by atoms with Gasteiger partial charge in [0.05, 0.1) is 5.02 Å². The third kappa shape index (κ3) is 3.23. The predicted octanol–water partition coefficient (Wildman–Crippen LogP) is 3.40. The van der Waals surface area contributed by atoms with E-state index in [4.69, 9.17) is 16.7 Å². The van der Waals surface area contributed by atoms with Gasteiger partial charge in [-0.3, -0.25) is 0 Å². The molecule has 1 aromatic carbocycles. The van der Waals surface area contributed by atoms with Crippen LogP contribution >= 0.6 is 22.9 Å². The molecule has 16 heavy (non-hydrogen) atoms. The molecule has 2 nitrogen and oxygen atoms in total. The van der Waals surface area contributed by atoms with Crippen molar-refractivity contribution in [2.75, 3.05) is 0 Å². The third-order valence-electron chi connectivity index (χ3n) is 2.19. The molecule has 0 aliphatic carbocycles. The van der Waals surface area contributed by atoms with Gasteiger partial charge in [-0.2, -0.15) is 0 Å². The maximum absolute atomic E-state index is 9.13. The van der Waals surface area contributed by atoms with Crippen molar-refractivity contribution in [3.05, 3.63) is 51.2 Å². The summed E-state index contributed by atoms with van der Waals surface area (Å²) in [5, 5.41) is 15.2. The maximum Gasteiger partial charge on any atom is 0.115 e. The van der Waals surface area contributed by atoms with Crippen LogP contribution in [-0.4, -0.2) is 5.11 Å². The number of phenolic OH excluding ortho intramolecular Hbond substituents is 1. The second-order valence-electron chi connectivity index (χ2n) is 3.50. The number of nitrogens with one attached hydrogen (secondary N) is 1. The van der Waals surface area contributed by atoms with Gasteiger partial charge in [-0.25, -0.2) is 0 Å². The highest BCUT2D eigenvalue weighted by Gasteiger charge is 1.98. The molecular formula is C12H12ClNOS. The molecule has 0 fully saturated rings. The SMILES string of the molecule is Oc1ccc(CNCc2cc(Cl)cs2)cc1. The van der Waals surface area contributed by atoms with Crippen LogP contribution < -0.4 is 5.32 Å². The second-order valence-corrected chi connectivity index (χ2v) is 4.93. The summed E-state index contributed by atoms with van der Waals surface area (Å²) < 4.78 is 0. The Bertz CT molecular complexity index is 452. The van der Waals surface area contributed by atoms with Gasteiger partial charge in [-0.1, -0.05) is 23.7 Å². The lowest BCUT2D eigenvalue weighted by molar-refractivity contribution is 0.475. The van der Waals surface area contributed by atoms with Crippen molar-refractivity contribution in [2.45, 2.75) is 13.1 Å². The first kappa shape index (κ1) is 11.5. The Morgan fingerprint density at radius 1 is 1.19 bits per heavy atom. The Morgan fingerprint density at radius 2 is 1.94 bits per heavy atom. The van der Waals surface area contributed by atoms with Crippen molar-refractivity contribution in [2.24, 2.45) is 0 Å². The predicted molar refractivity (Wildman–Crippen MR) is 68.0 cm³/mol. The molecule has 0 saturated carbocycles. The van der Waals surface area contributed by atoms with Gasteiger partial charge in [0.15, 0.2) is 0 Å². The van der Waals surface area contributed by atoms with Crippen molar-refractivity contribution in [3.8, 4) is 5.75 Å². The lowest BCUT2D eigenvalue weighted by Crippen LogP contribution is -2.11.